The van der Waals surface area contributed by atoms with E-state index in [1.54, 1.807) is 4.90 Å². The topological polar surface area (TPSA) is 23.6 Å². The van der Waals surface area contributed by atoms with Gasteiger partial charge in [0, 0.05) is 38.1 Å². The molecule has 0 aromatic heterocycles. The van der Waals surface area contributed by atoms with Crippen LogP contribution in [-0.4, -0.2) is 54.3 Å². The van der Waals surface area contributed by atoms with E-state index in [1.165, 1.54) is 12.1 Å². The van der Waals surface area contributed by atoms with Crippen molar-refractivity contribution in [2.24, 2.45) is 0 Å². The first-order valence-electron chi connectivity index (χ1n) is 7.10. The van der Waals surface area contributed by atoms with Crippen LogP contribution in [0.1, 0.15) is 12.0 Å². The SMILES string of the molecule is O=C(Cc1ccc(F)cc1F)N1CCCN(CCCl)CC1. The fraction of sp³-hybridized carbons (Fsp3) is 0.533. The van der Waals surface area contributed by atoms with Gasteiger partial charge in [0.25, 0.3) is 0 Å². The van der Waals surface area contributed by atoms with E-state index in [2.05, 4.69) is 4.90 Å². The van der Waals surface area contributed by atoms with Crippen molar-refractivity contribution in [2.75, 3.05) is 38.6 Å². The molecule has 1 amide bonds. The van der Waals surface area contributed by atoms with Gasteiger partial charge in [-0.2, -0.15) is 0 Å². The second-order valence-electron chi connectivity index (χ2n) is 5.18. The zero-order valence-corrected chi connectivity index (χ0v) is 12.6. The van der Waals surface area contributed by atoms with Crippen LogP contribution in [0.5, 0.6) is 0 Å². The molecular formula is C15H19ClF2N2O. The number of hydrogen-bond donors (Lipinski definition) is 0. The average molecular weight is 317 g/mol. The smallest absolute Gasteiger partial charge is 0.227 e. The van der Waals surface area contributed by atoms with Gasteiger partial charge in [-0.15, -0.1) is 11.6 Å². The summed E-state index contributed by atoms with van der Waals surface area (Å²) in [6.45, 7) is 3.81. The summed E-state index contributed by atoms with van der Waals surface area (Å²) in [5.41, 5.74) is 0.239. The first kappa shape index (κ1) is 16.2. The van der Waals surface area contributed by atoms with Crippen LogP contribution >= 0.6 is 11.6 Å². The van der Waals surface area contributed by atoms with Gasteiger partial charge in [-0.25, -0.2) is 8.78 Å². The van der Waals surface area contributed by atoms with Gasteiger partial charge in [-0.1, -0.05) is 6.07 Å². The Bertz CT molecular complexity index is 499. The second kappa shape index (κ2) is 7.71. The molecule has 1 saturated heterocycles. The average Bonchev–Trinajstić information content (AvgIpc) is 2.68. The zero-order valence-electron chi connectivity index (χ0n) is 11.8. The maximum atomic E-state index is 13.6. The molecule has 1 fully saturated rings. The minimum Gasteiger partial charge on any atom is -0.341 e. The van der Waals surface area contributed by atoms with Crippen molar-refractivity contribution >= 4 is 17.5 Å². The number of carbonyl (C=O) groups is 1. The van der Waals surface area contributed by atoms with Crippen molar-refractivity contribution in [3.05, 3.63) is 35.4 Å². The molecule has 116 valence electrons. The number of carbonyl (C=O) groups excluding carboxylic acids is 1. The Hall–Kier alpha value is -1.20. The van der Waals surface area contributed by atoms with E-state index in [0.29, 0.717) is 19.0 Å². The molecular weight excluding hydrogens is 298 g/mol. The van der Waals surface area contributed by atoms with Crippen molar-refractivity contribution in [3.8, 4) is 0 Å². The highest BCUT2D eigenvalue weighted by molar-refractivity contribution is 6.18. The van der Waals surface area contributed by atoms with Gasteiger partial charge >= 0.3 is 0 Å². The van der Waals surface area contributed by atoms with Crippen LogP contribution < -0.4 is 0 Å². The van der Waals surface area contributed by atoms with Crippen molar-refractivity contribution in [1.29, 1.82) is 0 Å². The lowest BCUT2D eigenvalue weighted by Gasteiger charge is -2.21. The van der Waals surface area contributed by atoms with Crippen molar-refractivity contribution in [1.82, 2.24) is 9.80 Å². The molecule has 0 unspecified atom stereocenters. The lowest BCUT2D eigenvalue weighted by molar-refractivity contribution is -0.130. The van der Waals surface area contributed by atoms with E-state index in [-0.39, 0.29) is 17.9 Å². The number of rotatable bonds is 4. The largest absolute Gasteiger partial charge is 0.341 e. The van der Waals surface area contributed by atoms with Crippen LogP contribution in [0.15, 0.2) is 18.2 Å². The van der Waals surface area contributed by atoms with Crippen molar-refractivity contribution < 1.29 is 13.6 Å². The van der Waals surface area contributed by atoms with E-state index in [0.717, 1.165) is 32.1 Å². The standard InChI is InChI=1S/C15H19ClF2N2O/c16-4-7-19-5-1-6-20(9-8-19)15(21)10-12-2-3-13(17)11-14(12)18/h2-3,11H,1,4-10H2. The molecule has 21 heavy (non-hydrogen) atoms. The van der Waals surface area contributed by atoms with Gasteiger partial charge in [-0.3, -0.25) is 4.79 Å². The molecule has 0 N–H and O–H groups in total. The summed E-state index contributed by atoms with van der Waals surface area (Å²) in [5, 5.41) is 0. The van der Waals surface area contributed by atoms with Crippen LogP contribution in [-0.2, 0) is 11.2 Å². The summed E-state index contributed by atoms with van der Waals surface area (Å²) in [5.74, 6) is -0.834. The van der Waals surface area contributed by atoms with Gasteiger partial charge in [0.05, 0.1) is 6.42 Å². The lowest BCUT2D eigenvalue weighted by atomic mass is 10.1. The fourth-order valence-electron chi connectivity index (χ4n) is 2.50. The van der Waals surface area contributed by atoms with Crippen molar-refractivity contribution in [3.63, 3.8) is 0 Å². The summed E-state index contributed by atoms with van der Waals surface area (Å²) >= 11 is 5.73. The molecule has 1 aromatic carbocycles. The molecule has 6 heteroatoms. The van der Waals surface area contributed by atoms with E-state index < -0.39 is 11.6 Å². The van der Waals surface area contributed by atoms with Crippen LogP contribution in [0.25, 0.3) is 0 Å². The summed E-state index contributed by atoms with van der Waals surface area (Å²) in [7, 11) is 0. The number of halogens is 3. The van der Waals surface area contributed by atoms with E-state index in [4.69, 9.17) is 11.6 Å². The normalized spacial score (nSPS) is 16.8. The Labute approximate surface area is 128 Å². The first-order valence-corrected chi connectivity index (χ1v) is 7.63. The van der Waals surface area contributed by atoms with Gasteiger partial charge < -0.3 is 9.80 Å². The summed E-state index contributed by atoms with van der Waals surface area (Å²) in [6.07, 6.45) is 0.857. The number of nitrogens with zero attached hydrogens (tertiary/aromatic N) is 2. The number of hydrogen-bond acceptors (Lipinski definition) is 2. The third-order valence-electron chi connectivity index (χ3n) is 3.70. The molecule has 0 bridgehead atoms. The highest BCUT2D eigenvalue weighted by Gasteiger charge is 2.20. The highest BCUT2D eigenvalue weighted by atomic mass is 35.5. The number of alkyl halides is 1. The van der Waals surface area contributed by atoms with Crippen LogP contribution in [0.4, 0.5) is 8.78 Å². The molecule has 0 spiro atoms. The quantitative estimate of drug-likeness (QED) is 0.796. The Morgan fingerprint density at radius 2 is 2.00 bits per heavy atom. The van der Waals surface area contributed by atoms with Gasteiger partial charge in [0.15, 0.2) is 0 Å². The first-order chi connectivity index (χ1) is 10.1. The molecule has 0 atom stereocenters. The molecule has 1 aromatic rings. The van der Waals surface area contributed by atoms with E-state index in [1.807, 2.05) is 0 Å². The van der Waals surface area contributed by atoms with Crippen molar-refractivity contribution in [2.45, 2.75) is 12.8 Å². The summed E-state index contributed by atoms with van der Waals surface area (Å²) in [6, 6.07) is 3.32. The van der Waals surface area contributed by atoms with E-state index >= 15 is 0 Å². The van der Waals surface area contributed by atoms with Crippen LogP contribution in [0.3, 0.4) is 0 Å². The third-order valence-corrected chi connectivity index (χ3v) is 3.87. The minimum absolute atomic E-state index is 0.0262. The maximum absolute atomic E-state index is 13.6. The molecule has 0 radical (unpaired) electrons. The van der Waals surface area contributed by atoms with Crippen LogP contribution in [0, 0.1) is 11.6 Å². The predicted molar refractivity (Wildman–Crippen MR) is 78.4 cm³/mol. The summed E-state index contributed by atoms with van der Waals surface area (Å²) in [4.78, 5) is 16.2. The Morgan fingerprint density at radius 1 is 1.19 bits per heavy atom. The monoisotopic (exact) mass is 316 g/mol. The molecule has 0 aliphatic carbocycles. The summed E-state index contributed by atoms with van der Waals surface area (Å²) < 4.78 is 26.4. The zero-order chi connectivity index (χ0) is 15.2. The maximum Gasteiger partial charge on any atom is 0.227 e. The highest BCUT2D eigenvalue weighted by Crippen LogP contribution is 2.12. The minimum atomic E-state index is -0.665. The third kappa shape index (κ3) is 4.64. The molecule has 0 saturated carbocycles. The predicted octanol–water partition coefficient (Wildman–Crippen LogP) is 2.28. The molecule has 1 aliphatic heterocycles. The fourth-order valence-corrected chi connectivity index (χ4v) is 2.74. The number of amides is 1. The van der Waals surface area contributed by atoms with Crippen LogP contribution in [0.2, 0.25) is 0 Å². The molecule has 3 nitrogen and oxygen atoms in total. The molecule has 2 rings (SSSR count). The second-order valence-corrected chi connectivity index (χ2v) is 5.56. The van der Waals surface area contributed by atoms with Gasteiger partial charge in [0.1, 0.15) is 11.6 Å². The van der Waals surface area contributed by atoms with Gasteiger partial charge in [0.2, 0.25) is 5.91 Å². The van der Waals surface area contributed by atoms with E-state index in [9.17, 15) is 13.6 Å². The Balaban J connectivity index is 1.93. The number of benzene rings is 1. The molecule has 1 aliphatic rings. The lowest BCUT2D eigenvalue weighted by Crippen LogP contribution is -2.36. The Morgan fingerprint density at radius 3 is 2.71 bits per heavy atom. The van der Waals surface area contributed by atoms with Gasteiger partial charge in [-0.05, 0) is 24.6 Å². The molecule has 1 heterocycles. The Kier molecular flexibility index (Phi) is 5.94.